The number of furan rings is 1. The summed E-state index contributed by atoms with van der Waals surface area (Å²) >= 11 is 5.77. The lowest BCUT2D eigenvalue weighted by Crippen LogP contribution is -2.38. The monoisotopic (exact) mass is 315 g/mol. The van der Waals surface area contributed by atoms with E-state index in [-0.39, 0.29) is 17.2 Å². The lowest BCUT2D eigenvalue weighted by Gasteiger charge is -2.21. The van der Waals surface area contributed by atoms with E-state index in [1.54, 1.807) is 24.3 Å². The standard InChI is InChI=1S/C13H14ClNO4S/c1-13(16,12-6-3-7-19-12)9-15-20(17,18)11-5-2-4-10(14)8-11/h2-8,15-16H,9H2,1H3. The second-order valence-corrected chi connectivity index (χ2v) is 6.74. The van der Waals surface area contributed by atoms with Gasteiger partial charge in [0.1, 0.15) is 11.4 Å². The molecule has 20 heavy (non-hydrogen) atoms. The number of hydrogen-bond acceptors (Lipinski definition) is 4. The minimum absolute atomic E-state index is 0.0419. The molecule has 0 aliphatic carbocycles. The molecule has 2 rings (SSSR count). The van der Waals surface area contributed by atoms with Gasteiger partial charge in [0.25, 0.3) is 0 Å². The van der Waals surface area contributed by atoms with Crippen molar-refractivity contribution in [3.05, 3.63) is 53.4 Å². The molecule has 0 saturated heterocycles. The zero-order chi connectivity index (χ0) is 14.8. The molecule has 0 saturated carbocycles. The molecule has 2 aromatic rings. The van der Waals surface area contributed by atoms with Crippen LogP contribution in [-0.2, 0) is 15.6 Å². The van der Waals surface area contributed by atoms with Gasteiger partial charge in [0, 0.05) is 11.6 Å². The molecule has 0 amide bonds. The minimum atomic E-state index is -3.74. The van der Waals surface area contributed by atoms with Gasteiger partial charge in [-0.05, 0) is 37.3 Å². The second kappa shape index (κ2) is 5.57. The van der Waals surface area contributed by atoms with Crippen LogP contribution in [0.25, 0.3) is 0 Å². The van der Waals surface area contributed by atoms with Crippen LogP contribution in [0.5, 0.6) is 0 Å². The van der Waals surface area contributed by atoms with Crippen molar-refractivity contribution >= 4 is 21.6 Å². The summed E-state index contributed by atoms with van der Waals surface area (Å²) in [5, 5.41) is 10.5. The highest BCUT2D eigenvalue weighted by molar-refractivity contribution is 7.89. The molecule has 108 valence electrons. The van der Waals surface area contributed by atoms with Crippen LogP contribution in [0.1, 0.15) is 12.7 Å². The van der Waals surface area contributed by atoms with Gasteiger partial charge in [0.2, 0.25) is 10.0 Å². The zero-order valence-electron chi connectivity index (χ0n) is 10.7. The first-order valence-electron chi connectivity index (χ1n) is 5.83. The van der Waals surface area contributed by atoms with Gasteiger partial charge in [-0.15, -0.1) is 0 Å². The number of halogens is 1. The maximum Gasteiger partial charge on any atom is 0.240 e. The molecule has 1 atom stereocenters. The van der Waals surface area contributed by atoms with Crippen LogP contribution in [0.2, 0.25) is 5.02 Å². The highest BCUT2D eigenvalue weighted by atomic mass is 35.5. The van der Waals surface area contributed by atoms with Gasteiger partial charge in [-0.2, -0.15) is 0 Å². The van der Waals surface area contributed by atoms with E-state index >= 15 is 0 Å². The molecule has 5 nitrogen and oxygen atoms in total. The average molecular weight is 316 g/mol. The fourth-order valence-electron chi connectivity index (χ4n) is 1.63. The largest absolute Gasteiger partial charge is 0.466 e. The predicted octanol–water partition coefficient (Wildman–Crippen LogP) is 2.12. The van der Waals surface area contributed by atoms with Gasteiger partial charge in [0.15, 0.2) is 0 Å². The van der Waals surface area contributed by atoms with Crippen molar-refractivity contribution in [2.75, 3.05) is 6.54 Å². The van der Waals surface area contributed by atoms with Crippen molar-refractivity contribution in [3.63, 3.8) is 0 Å². The number of sulfonamides is 1. The van der Waals surface area contributed by atoms with Gasteiger partial charge >= 0.3 is 0 Å². The average Bonchev–Trinajstić information content (AvgIpc) is 2.91. The highest BCUT2D eigenvalue weighted by Gasteiger charge is 2.28. The molecule has 0 fully saturated rings. The fraction of sp³-hybridized carbons (Fsp3) is 0.231. The fourth-order valence-corrected chi connectivity index (χ4v) is 3.06. The lowest BCUT2D eigenvalue weighted by molar-refractivity contribution is 0.0395. The molecule has 1 heterocycles. The topological polar surface area (TPSA) is 79.5 Å². The lowest BCUT2D eigenvalue weighted by atomic mass is 10.1. The van der Waals surface area contributed by atoms with Crippen LogP contribution in [0.4, 0.5) is 0 Å². The third-order valence-corrected chi connectivity index (χ3v) is 4.40. The number of rotatable bonds is 5. The quantitative estimate of drug-likeness (QED) is 0.885. The van der Waals surface area contributed by atoms with E-state index in [4.69, 9.17) is 16.0 Å². The Hall–Kier alpha value is -1.34. The van der Waals surface area contributed by atoms with E-state index < -0.39 is 15.6 Å². The number of aliphatic hydroxyl groups is 1. The van der Waals surface area contributed by atoms with Gasteiger partial charge < -0.3 is 9.52 Å². The van der Waals surface area contributed by atoms with Crippen LogP contribution < -0.4 is 4.72 Å². The summed E-state index contributed by atoms with van der Waals surface area (Å²) in [4.78, 5) is 0.0419. The normalized spacial score (nSPS) is 14.9. The van der Waals surface area contributed by atoms with E-state index in [0.29, 0.717) is 5.02 Å². The Morgan fingerprint density at radius 3 is 2.70 bits per heavy atom. The molecule has 2 N–H and O–H groups in total. The molecule has 1 aromatic heterocycles. The Bertz CT molecular complexity index is 680. The van der Waals surface area contributed by atoms with E-state index in [9.17, 15) is 13.5 Å². The molecule has 1 aromatic carbocycles. The van der Waals surface area contributed by atoms with Crippen LogP contribution in [-0.4, -0.2) is 20.1 Å². The number of hydrogen-bond donors (Lipinski definition) is 2. The Morgan fingerprint density at radius 2 is 2.10 bits per heavy atom. The van der Waals surface area contributed by atoms with E-state index in [2.05, 4.69) is 4.72 Å². The second-order valence-electron chi connectivity index (χ2n) is 4.53. The molecular weight excluding hydrogens is 302 g/mol. The Morgan fingerprint density at radius 1 is 1.35 bits per heavy atom. The molecule has 0 aliphatic heterocycles. The number of benzene rings is 1. The van der Waals surface area contributed by atoms with Crippen molar-refractivity contribution in [1.29, 1.82) is 0 Å². The molecule has 0 bridgehead atoms. The van der Waals surface area contributed by atoms with Gasteiger partial charge in [0.05, 0.1) is 11.2 Å². The Kier molecular flexibility index (Phi) is 4.19. The summed E-state index contributed by atoms with van der Waals surface area (Å²) in [6.07, 6.45) is 1.41. The van der Waals surface area contributed by atoms with Crippen LogP contribution in [0.15, 0.2) is 52.0 Å². The molecule has 1 unspecified atom stereocenters. The predicted molar refractivity (Wildman–Crippen MR) is 74.9 cm³/mol. The van der Waals surface area contributed by atoms with Gasteiger partial charge in [-0.3, -0.25) is 0 Å². The van der Waals surface area contributed by atoms with Crippen molar-refractivity contribution in [3.8, 4) is 0 Å². The summed E-state index contributed by atoms with van der Waals surface area (Å²) in [6.45, 7) is 1.25. The van der Waals surface area contributed by atoms with Crippen LogP contribution in [0.3, 0.4) is 0 Å². The summed E-state index contributed by atoms with van der Waals surface area (Å²) in [6, 6.07) is 9.09. The van der Waals surface area contributed by atoms with Crippen LogP contribution >= 0.6 is 11.6 Å². The molecule has 7 heteroatoms. The third kappa shape index (κ3) is 3.40. The molecule has 0 spiro atoms. The van der Waals surface area contributed by atoms with Gasteiger partial charge in [-0.25, -0.2) is 13.1 Å². The molecule has 0 aliphatic rings. The van der Waals surface area contributed by atoms with Crippen molar-refractivity contribution in [2.45, 2.75) is 17.4 Å². The van der Waals surface area contributed by atoms with E-state index in [1.165, 1.54) is 25.3 Å². The smallest absolute Gasteiger partial charge is 0.240 e. The van der Waals surface area contributed by atoms with Crippen molar-refractivity contribution in [2.24, 2.45) is 0 Å². The van der Waals surface area contributed by atoms with Gasteiger partial charge in [-0.1, -0.05) is 17.7 Å². The van der Waals surface area contributed by atoms with E-state index in [0.717, 1.165) is 0 Å². The third-order valence-electron chi connectivity index (χ3n) is 2.76. The maximum absolute atomic E-state index is 12.1. The van der Waals surface area contributed by atoms with E-state index in [1.807, 2.05) is 0 Å². The Balaban J connectivity index is 2.14. The Labute approximate surface area is 122 Å². The van der Waals surface area contributed by atoms with Crippen molar-refractivity contribution < 1.29 is 17.9 Å². The van der Waals surface area contributed by atoms with Crippen molar-refractivity contribution in [1.82, 2.24) is 4.72 Å². The summed E-state index contributed by atoms with van der Waals surface area (Å²) in [7, 11) is -3.74. The zero-order valence-corrected chi connectivity index (χ0v) is 12.3. The summed E-state index contributed by atoms with van der Waals surface area (Å²) in [5.41, 5.74) is -1.44. The maximum atomic E-state index is 12.1. The SMILES string of the molecule is CC(O)(CNS(=O)(=O)c1cccc(Cl)c1)c1ccco1. The molecular formula is C13H14ClNO4S. The highest BCUT2D eigenvalue weighted by Crippen LogP contribution is 2.21. The first-order chi connectivity index (χ1) is 9.31. The first kappa shape index (κ1) is 15.1. The molecule has 0 radical (unpaired) electrons. The summed E-state index contributed by atoms with van der Waals surface area (Å²) in [5.74, 6) is 0.284. The van der Waals surface area contributed by atoms with Crippen LogP contribution in [0, 0.1) is 0 Å². The number of nitrogens with one attached hydrogen (secondary N) is 1. The minimum Gasteiger partial charge on any atom is -0.466 e. The first-order valence-corrected chi connectivity index (χ1v) is 7.69. The summed E-state index contributed by atoms with van der Waals surface area (Å²) < 4.78 is 31.6.